The molecule has 0 saturated carbocycles. The van der Waals surface area contributed by atoms with Crippen LogP contribution in [0.15, 0.2) is 6.07 Å². The van der Waals surface area contributed by atoms with Crippen LogP contribution in [0.5, 0.6) is 0 Å². The molecule has 0 saturated heterocycles. The predicted molar refractivity (Wildman–Crippen MR) is 56.7 cm³/mol. The fourth-order valence-electron chi connectivity index (χ4n) is 0.825. The van der Waals surface area contributed by atoms with Crippen molar-refractivity contribution < 1.29 is 9.90 Å². The molecule has 13 heavy (non-hydrogen) atoms. The Kier molecular flexibility index (Phi) is 3.52. The van der Waals surface area contributed by atoms with Crippen molar-refractivity contribution in [1.82, 2.24) is 0 Å². The molecule has 0 aliphatic heterocycles. The summed E-state index contributed by atoms with van der Waals surface area (Å²) in [5, 5.41) is 9.30. The predicted octanol–water partition coefficient (Wildman–Crippen LogP) is 2.50. The first-order chi connectivity index (χ1) is 6.15. The van der Waals surface area contributed by atoms with E-state index in [1.807, 2.05) is 6.92 Å². The molecule has 0 amide bonds. The van der Waals surface area contributed by atoms with Gasteiger partial charge < -0.3 is 5.11 Å². The van der Waals surface area contributed by atoms with Crippen molar-refractivity contribution in [1.29, 1.82) is 0 Å². The third-order valence-electron chi connectivity index (χ3n) is 1.40. The summed E-state index contributed by atoms with van der Waals surface area (Å²) in [4.78, 5) is 11.8. The Morgan fingerprint density at radius 2 is 2.46 bits per heavy atom. The summed E-state index contributed by atoms with van der Waals surface area (Å²) in [7, 11) is 0. The molecule has 0 spiro atoms. The molecule has 0 bridgehead atoms. The maximum Gasteiger partial charge on any atom is 0.345 e. The van der Waals surface area contributed by atoms with Crippen molar-refractivity contribution in [3.8, 4) is 11.8 Å². The highest BCUT2D eigenvalue weighted by molar-refractivity contribution is 9.09. The summed E-state index contributed by atoms with van der Waals surface area (Å²) in [6.07, 6.45) is 0. The number of carbonyl (C=O) groups is 1. The average Bonchev–Trinajstić information content (AvgIpc) is 2.44. The van der Waals surface area contributed by atoms with Gasteiger partial charge in [0.05, 0.1) is 10.2 Å². The maximum atomic E-state index is 10.6. The van der Waals surface area contributed by atoms with E-state index in [1.165, 1.54) is 11.3 Å². The zero-order chi connectivity index (χ0) is 9.84. The van der Waals surface area contributed by atoms with Crippen LogP contribution in [0.4, 0.5) is 0 Å². The van der Waals surface area contributed by atoms with Gasteiger partial charge in [0, 0.05) is 0 Å². The van der Waals surface area contributed by atoms with Crippen LogP contribution in [0.25, 0.3) is 0 Å². The number of aryl methyl sites for hydroxylation is 1. The lowest BCUT2D eigenvalue weighted by Crippen LogP contribution is -1.89. The van der Waals surface area contributed by atoms with Crippen LogP contribution >= 0.6 is 27.3 Å². The summed E-state index contributed by atoms with van der Waals surface area (Å²) in [6.45, 7) is 1.86. The van der Waals surface area contributed by atoms with Crippen molar-refractivity contribution in [2.24, 2.45) is 0 Å². The summed E-state index contributed by atoms with van der Waals surface area (Å²) < 4.78 is 0. The van der Waals surface area contributed by atoms with E-state index in [-0.39, 0.29) is 0 Å². The summed E-state index contributed by atoms with van der Waals surface area (Å²) in [5.74, 6) is 4.85. The standard InChI is InChI=1S/C9H7BrO2S/c1-6-5-8(9(11)12)13-7(6)3-2-4-10/h5H,4H2,1H3,(H,11,12). The van der Waals surface area contributed by atoms with Gasteiger partial charge in [-0.25, -0.2) is 4.79 Å². The van der Waals surface area contributed by atoms with Gasteiger partial charge in [-0.15, -0.1) is 11.3 Å². The molecule has 1 aromatic rings. The molecule has 1 aromatic heterocycles. The second-order valence-electron chi connectivity index (χ2n) is 2.36. The van der Waals surface area contributed by atoms with Crippen molar-refractivity contribution in [3.05, 3.63) is 21.4 Å². The van der Waals surface area contributed by atoms with E-state index in [2.05, 4.69) is 27.8 Å². The number of rotatable bonds is 1. The Bertz CT molecular complexity index is 384. The van der Waals surface area contributed by atoms with E-state index < -0.39 is 5.97 Å². The molecule has 4 heteroatoms. The first-order valence-electron chi connectivity index (χ1n) is 3.53. The normalized spacial score (nSPS) is 9.08. The van der Waals surface area contributed by atoms with Gasteiger partial charge in [-0.1, -0.05) is 27.8 Å². The lowest BCUT2D eigenvalue weighted by molar-refractivity contribution is 0.0702. The van der Waals surface area contributed by atoms with Crippen LogP contribution < -0.4 is 0 Å². The second kappa shape index (κ2) is 4.45. The van der Waals surface area contributed by atoms with E-state index in [1.54, 1.807) is 6.07 Å². The van der Waals surface area contributed by atoms with Crippen LogP contribution in [-0.2, 0) is 0 Å². The zero-order valence-electron chi connectivity index (χ0n) is 6.93. The van der Waals surface area contributed by atoms with Crippen molar-refractivity contribution in [2.75, 3.05) is 5.33 Å². The van der Waals surface area contributed by atoms with Gasteiger partial charge in [0.1, 0.15) is 4.88 Å². The molecule has 68 valence electrons. The van der Waals surface area contributed by atoms with E-state index in [0.717, 1.165) is 10.4 Å². The van der Waals surface area contributed by atoms with Crippen LogP contribution in [0, 0.1) is 18.8 Å². The number of halogens is 1. The topological polar surface area (TPSA) is 37.3 Å². The first-order valence-corrected chi connectivity index (χ1v) is 5.47. The SMILES string of the molecule is Cc1cc(C(=O)O)sc1C#CCBr. The summed E-state index contributed by atoms with van der Waals surface area (Å²) in [6, 6.07) is 1.64. The molecule has 2 nitrogen and oxygen atoms in total. The fraction of sp³-hybridized carbons (Fsp3) is 0.222. The lowest BCUT2D eigenvalue weighted by Gasteiger charge is -1.81. The number of aromatic carboxylic acids is 1. The Labute approximate surface area is 88.7 Å². The van der Waals surface area contributed by atoms with E-state index in [4.69, 9.17) is 5.11 Å². The van der Waals surface area contributed by atoms with Gasteiger partial charge in [-0.05, 0) is 18.6 Å². The number of hydrogen-bond acceptors (Lipinski definition) is 2. The number of carboxylic acids is 1. The molecule has 1 N–H and O–H groups in total. The molecule has 0 fully saturated rings. The number of carboxylic acid groups (broad SMARTS) is 1. The Balaban J connectivity index is 3.03. The molecule has 0 aliphatic rings. The minimum Gasteiger partial charge on any atom is -0.477 e. The van der Waals surface area contributed by atoms with Crippen LogP contribution in [0.2, 0.25) is 0 Å². The summed E-state index contributed by atoms with van der Waals surface area (Å²) >= 11 is 4.40. The van der Waals surface area contributed by atoms with E-state index in [9.17, 15) is 4.79 Å². The first kappa shape index (κ1) is 10.3. The molecule has 0 radical (unpaired) electrons. The molecule has 0 aromatic carbocycles. The minimum absolute atomic E-state index is 0.344. The van der Waals surface area contributed by atoms with Crippen molar-refractivity contribution >= 4 is 33.2 Å². The van der Waals surface area contributed by atoms with Gasteiger partial charge in [0.2, 0.25) is 0 Å². The molecule has 0 unspecified atom stereocenters. The molecule has 0 atom stereocenters. The fourth-order valence-corrected chi connectivity index (χ4v) is 1.85. The average molecular weight is 259 g/mol. The minimum atomic E-state index is -0.889. The number of alkyl halides is 1. The monoisotopic (exact) mass is 258 g/mol. The number of hydrogen-bond donors (Lipinski definition) is 1. The highest BCUT2D eigenvalue weighted by Gasteiger charge is 2.08. The van der Waals surface area contributed by atoms with Crippen LogP contribution in [0.3, 0.4) is 0 Å². The molecule has 1 heterocycles. The van der Waals surface area contributed by atoms with Gasteiger partial charge in [-0.3, -0.25) is 0 Å². The molecular weight excluding hydrogens is 252 g/mol. The highest BCUT2D eigenvalue weighted by Crippen LogP contribution is 2.20. The third-order valence-corrected chi connectivity index (χ3v) is 2.82. The zero-order valence-corrected chi connectivity index (χ0v) is 9.33. The number of thiophene rings is 1. The third kappa shape index (κ3) is 2.58. The van der Waals surface area contributed by atoms with Crippen molar-refractivity contribution in [2.45, 2.75) is 6.92 Å². The molecule has 1 rings (SSSR count). The van der Waals surface area contributed by atoms with E-state index >= 15 is 0 Å². The van der Waals surface area contributed by atoms with Gasteiger partial charge in [-0.2, -0.15) is 0 Å². The van der Waals surface area contributed by atoms with Crippen LogP contribution in [-0.4, -0.2) is 16.4 Å². The molecular formula is C9H7BrO2S. The van der Waals surface area contributed by atoms with E-state index in [0.29, 0.717) is 10.2 Å². The maximum absolute atomic E-state index is 10.6. The largest absolute Gasteiger partial charge is 0.477 e. The van der Waals surface area contributed by atoms with Gasteiger partial charge >= 0.3 is 5.97 Å². The van der Waals surface area contributed by atoms with Gasteiger partial charge in [0.25, 0.3) is 0 Å². The Morgan fingerprint density at radius 1 is 1.77 bits per heavy atom. The summed E-state index contributed by atoms with van der Waals surface area (Å²) in [5.41, 5.74) is 0.927. The quantitative estimate of drug-likeness (QED) is 0.621. The Morgan fingerprint density at radius 3 is 2.92 bits per heavy atom. The Hall–Kier alpha value is -0.790. The van der Waals surface area contributed by atoms with Gasteiger partial charge in [0.15, 0.2) is 0 Å². The van der Waals surface area contributed by atoms with Crippen LogP contribution in [0.1, 0.15) is 20.1 Å². The second-order valence-corrected chi connectivity index (χ2v) is 3.98. The highest BCUT2D eigenvalue weighted by atomic mass is 79.9. The smallest absolute Gasteiger partial charge is 0.345 e. The lowest BCUT2D eigenvalue weighted by atomic mass is 10.3. The molecule has 0 aliphatic carbocycles. The van der Waals surface area contributed by atoms with Crippen molar-refractivity contribution in [3.63, 3.8) is 0 Å².